The summed E-state index contributed by atoms with van der Waals surface area (Å²) < 4.78 is 5.43. The van der Waals surface area contributed by atoms with E-state index in [-0.39, 0.29) is 0 Å². The molecule has 0 atom stereocenters. The molecule has 0 aliphatic rings. The first-order chi connectivity index (χ1) is 12.6. The van der Waals surface area contributed by atoms with Gasteiger partial charge in [-0.15, -0.1) is 0 Å². The fraction of sp³-hybridized carbons (Fsp3) is 0.381. The molecule has 0 amide bonds. The first-order valence-corrected chi connectivity index (χ1v) is 9.06. The highest BCUT2D eigenvalue weighted by molar-refractivity contribution is 5.79. The first-order valence-electron chi connectivity index (χ1n) is 9.06. The average molecular weight is 355 g/mol. The van der Waals surface area contributed by atoms with Gasteiger partial charge >= 0.3 is 0 Å². The molecule has 5 nitrogen and oxygen atoms in total. The number of hydrogen-bond acceptors (Lipinski definition) is 3. The van der Waals surface area contributed by atoms with Gasteiger partial charge in [-0.05, 0) is 56.0 Å². The summed E-state index contributed by atoms with van der Waals surface area (Å²) >= 11 is 0. The van der Waals surface area contributed by atoms with E-state index in [9.17, 15) is 5.11 Å². The zero-order chi connectivity index (χ0) is 18.8. The number of aromatic hydroxyl groups is 1. The first kappa shape index (κ1) is 19.6. The molecule has 2 rings (SSSR count). The monoisotopic (exact) mass is 355 g/mol. The third-order valence-electron chi connectivity index (χ3n) is 4.05. The van der Waals surface area contributed by atoms with E-state index in [2.05, 4.69) is 41.6 Å². The second-order valence-corrected chi connectivity index (χ2v) is 6.17. The Hall–Kier alpha value is -2.69. The summed E-state index contributed by atoms with van der Waals surface area (Å²) in [5, 5.41) is 16.1. The molecule has 2 aromatic rings. The van der Waals surface area contributed by atoms with Crippen molar-refractivity contribution in [2.24, 2.45) is 4.99 Å². The van der Waals surface area contributed by atoms with Crippen LogP contribution in [0.1, 0.15) is 23.6 Å². The van der Waals surface area contributed by atoms with Gasteiger partial charge in [0.1, 0.15) is 11.5 Å². The number of phenolic OH excluding ortho intramolecular Hbond substituents is 1. The van der Waals surface area contributed by atoms with Crippen molar-refractivity contribution < 1.29 is 9.84 Å². The van der Waals surface area contributed by atoms with Gasteiger partial charge in [0.2, 0.25) is 0 Å². The minimum absolute atomic E-state index is 0.301. The largest absolute Gasteiger partial charge is 0.508 e. The van der Waals surface area contributed by atoms with Crippen molar-refractivity contribution in [3.8, 4) is 11.5 Å². The van der Waals surface area contributed by atoms with Gasteiger partial charge in [-0.3, -0.25) is 4.99 Å². The topological polar surface area (TPSA) is 65.9 Å². The number of benzene rings is 2. The van der Waals surface area contributed by atoms with Crippen molar-refractivity contribution in [3.05, 3.63) is 59.2 Å². The molecule has 2 aromatic carbocycles. The molecule has 140 valence electrons. The van der Waals surface area contributed by atoms with E-state index in [4.69, 9.17) is 4.74 Å². The maximum absolute atomic E-state index is 9.53. The molecule has 3 N–H and O–H groups in total. The standard InChI is InChI=1S/C21H29N3O2/c1-4-22-21(23-12-10-17-6-5-7-19(25)15-17)24-13-11-18-14-16(2)8-9-20(18)26-3/h5-9,14-15,25H,4,10-13H2,1-3H3,(H2,22,23,24). The van der Waals surface area contributed by atoms with Crippen LogP contribution in [0.4, 0.5) is 0 Å². The summed E-state index contributed by atoms with van der Waals surface area (Å²) in [6.45, 7) is 6.38. The van der Waals surface area contributed by atoms with Crippen LogP contribution in [-0.2, 0) is 12.8 Å². The number of phenols is 1. The van der Waals surface area contributed by atoms with Crippen LogP contribution in [0.15, 0.2) is 47.5 Å². The number of rotatable bonds is 8. The predicted molar refractivity (Wildman–Crippen MR) is 107 cm³/mol. The quantitative estimate of drug-likeness (QED) is 0.503. The van der Waals surface area contributed by atoms with E-state index in [1.807, 2.05) is 18.2 Å². The lowest BCUT2D eigenvalue weighted by atomic mass is 10.1. The van der Waals surface area contributed by atoms with E-state index >= 15 is 0 Å². The smallest absolute Gasteiger partial charge is 0.191 e. The summed E-state index contributed by atoms with van der Waals surface area (Å²) in [4.78, 5) is 4.65. The highest BCUT2D eigenvalue weighted by Gasteiger charge is 2.04. The number of hydrogen-bond donors (Lipinski definition) is 3. The molecular formula is C21H29N3O2. The van der Waals surface area contributed by atoms with E-state index < -0.39 is 0 Å². The van der Waals surface area contributed by atoms with Gasteiger partial charge < -0.3 is 20.5 Å². The van der Waals surface area contributed by atoms with E-state index in [0.29, 0.717) is 12.3 Å². The van der Waals surface area contributed by atoms with Crippen molar-refractivity contribution in [1.82, 2.24) is 10.6 Å². The summed E-state index contributed by atoms with van der Waals surface area (Å²) in [5.74, 6) is 2.02. The second kappa shape index (κ2) is 10.3. The summed E-state index contributed by atoms with van der Waals surface area (Å²) in [6.07, 6.45) is 1.65. The van der Waals surface area contributed by atoms with Crippen molar-refractivity contribution in [2.45, 2.75) is 26.7 Å². The number of nitrogens with one attached hydrogen (secondary N) is 2. The molecule has 0 spiro atoms. The number of methoxy groups -OCH3 is 1. The molecule has 0 aromatic heterocycles. The van der Waals surface area contributed by atoms with Crippen LogP contribution in [-0.4, -0.2) is 37.8 Å². The third-order valence-corrected chi connectivity index (χ3v) is 4.05. The van der Waals surface area contributed by atoms with Crippen LogP contribution >= 0.6 is 0 Å². The predicted octanol–water partition coefficient (Wildman–Crippen LogP) is 3.05. The van der Waals surface area contributed by atoms with Gasteiger partial charge in [-0.25, -0.2) is 0 Å². The molecule has 5 heteroatoms. The van der Waals surface area contributed by atoms with Crippen molar-refractivity contribution in [1.29, 1.82) is 0 Å². The van der Waals surface area contributed by atoms with E-state index in [0.717, 1.165) is 43.2 Å². The lowest BCUT2D eigenvalue weighted by molar-refractivity contribution is 0.409. The molecule has 0 aliphatic carbocycles. The molecular weight excluding hydrogens is 326 g/mol. The number of nitrogens with zero attached hydrogens (tertiary/aromatic N) is 1. The van der Waals surface area contributed by atoms with Crippen molar-refractivity contribution in [2.75, 3.05) is 26.7 Å². The van der Waals surface area contributed by atoms with Gasteiger partial charge in [-0.2, -0.15) is 0 Å². The molecule has 0 aliphatic heterocycles. The Morgan fingerprint density at radius 1 is 1.12 bits per heavy atom. The van der Waals surface area contributed by atoms with Gasteiger partial charge in [0.15, 0.2) is 5.96 Å². The van der Waals surface area contributed by atoms with Crippen LogP contribution in [0, 0.1) is 6.92 Å². The van der Waals surface area contributed by atoms with Crippen molar-refractivity contribution >= 4 is 5.96 Å². The number of aryl methyl sites for hydroxylation is 1. The number of aliphatic imine (C=N–C) groups is 1. The highest BCUT2D eigenvalue weighted by atomic mass is 16.5. The minimum Gasteiger partial charge on any atom is -0.508 e. The van der Waals surface area contributed by atoms with Gasteiger partial charge in [0.25, 0.3) is 0 Å². The van der Waals surface area contributed by atoms with Crippen LogP contribution < -0.4 is 15.4 Å². The zero-order valence-electron chi connectivity index (χ0n) is 15.9. The fourth-order valence-corrected chi connectivity index (χ4v) is 2.77. The van der Waals surface area contributed by atoms with E-state index in [1.165, 1.54) is 11.1 Å². The second-order valence-electron chi connectivity index (χ2n) is 6.17. The maximum Gasteiger partial charge on any atom is 0.191 e. The lowest BCUT2D eigenvalue weighted by Gasteiger charge is -2.12. The molecule has 0 fully saturated rings. The Bertz CT molecular complexity index is 729. The van der Waals surface area contributed by atoms with Gasteiger partial charge in [-0.1, -0.05) is 29.8 Å². The Kier molecular flexibility index (Phi) is 7.80. The lowest BCUT2D eigenvalue weighted by Crippen LogP contribution is -2.38. The number of ether oxygens (including phenoxy) is 1. The van der Waals surface area contributed by atoms with Crippen molar-refractivity contribution in [3.63, 3.8) is 0 Å². The molecule has 0 radical (unpaired) electrons. The van der Waals surface area contributed by atoms with Crippen LogP contribution in [0.3, 0.4) is 0 Å². The highest BCUT2D eigenvalue weighted by Crippen LogP contribution is 2.20. The molecule has 0 unspecified atom stereocenters. The zero-order valence-corrected chi connectivity index (χ0v) is 15.9. The number of guanidine groups is 1. The van der Waals surface area contributed by atoms with E-state index in [1.54, 1.807) is 19.2 Å². The van der Waals surface area contributed by atoms with Gasteiger partial charge in [0, 0.05) is 19.6 Å². The van der Waals surface area contributed by atoms with Crippen LogP contribution in [0.5, 0.6) is 11.5 Å². The Morgan fingerprint density at radius 2 is 1.96 bits per heavy atom. The third kappa shape index (κ3) is 6.31. The SMILES string of the molecule is CCNC(=NCCc1cc(C)ccc1OC)NCCc1cccc(O)c1. The van der Waals surface area contributed by atoms with Gasteiger partial charge in [0.05, 0.1) is 7.11 Å². The summed E-state index contributed by atoms with van der Waals surface area (Å²) in [6, 6.07) is 13.6. The summed E-state index contributed by atoms with van der Waals surface area (Å²) in [7, 11) is 1.70. The van der Waals surface area contributed by atoms with Crippen LogP contribution in [0.2, 0.25) is 0 Å². The summed E-state index contributed by atoms with van der Waals surface area (Å²) in [5.41, 5.74) is 3.49. The molecule has 26 heavy (non-hydrogen) atoms. The maximum atomic E-state index is 9.53. The fourth-order valence-electron chi connectivity index (χ4n) is 2.77. The molecule has 0 saturated carbocycles. The molecule has 0 bridgehead atoms. The molecule has 0 saturated heterocycles. The Labute approximate surface area is 156 Å². The average Bonchev–Trinajstić information content (AvgIpc) is 2.62. The Morgan fingerprint density at radius 3 is 2.69 bits per heavy atom. The van der Waals surface area contributed by atoms with Crippen LogP contribution in [0.25, 0.3) is 0 Å². The Balaban J connectivity index is 1.89. The minimum atomic E-state index is 0.301. The normalized spacial score (nSPS) is 11.3. The molecule has 0 heterocycles.